The number of fused-ring (bicyclic) bond motifs is 1. The fraction of sp³-hybridized carbons (Fsp3) is 0.500. The van der Waals surface area contributed by atoms with Crippen molar-refractivity contribution < 1.29 is 14.2 Å². The van der Waals surface area contributed by atoms with Gasteiger partial charge in [-0.15, -0.1) is 5.54 Å². The highest BCUT2D eigenvalue weighted by molar-refractivity contribution is 6.83. The van der Waals surface area contributed by atoms with Gasteiger partial charge in [-0.3, -0.25) is 4.90 Å². The minimum Gasteiger partial charge on any atom is -0.491 e. The topological polar surface area (TPSA) is 43.8 Å². The van der Waals surface area contributed by atoms with Crippen molar-refractivity contribution in [2.24, 2.45) is 0 Å². The van der Waals surface area contributed by atoms with Crippen molar-refractivity contribution in [1.82, 2.24) is 9.88 Å². The number of rotatable bonds is 7. The Balaban J connectivity index is 1.44. The van der Waals surface area contributed by atoms with Crippen LogP contribution in [0.3, 0.4) is 0 Å². The van der Waals surface area contributed by atoms with Crippen LogP contribution in [0.15, 0.2) is 30.3 Å². The minimum atomic E-state index is -1.39. The Morgan fingerprint density at radius 3 is 2.68 bits per heavy atom. The van der Waals surface area contributed by atoms with E-state index in [0.29, 0.717) is 13.2 Å². The lowest BCUT2D eigenvalue weighted by Gasteiger charge is -2.26. The maximum absolute atomic E-state index is 5.82. The van der Waals surface area contributed by atoms with Crippen LogP contribution in [0.25, 0.3) is 10.9 Å². The highest BCUT2D eigenvalue weighted by atomic mass is 28.3. The predicted molar refractivity (Wildman–Crippen MR) is 116 cm³/mol. The molecule has 150 valence electrons. The molecule has 0 amide bonds. The molecule has 2 heterocycles. The third kappa shape index (κ3) is 6.92. The molecule has 5 nitrogen and oxygen atoms in total. The van der Waals surface area contributed by atoms with Crippen molar-refractivity contribution in [1.29, 1.82) is 0 Å². The Kier molecular flexibility index (Phi) is 7.46. The van der Waals surface area contributed by atoms with Crippen LogP contribution in [0.1, 0.15) is 5.69 Å². The molecular weight excluding hydrogens is 368 g/mol. The molecule has 0 unspecified atom stereocenters. The largest absolute Gasteiger partial charge is 0.491 e. The summed E-state index contributed by atoms with van der Waals surface area (Å²) in [7, 11) is -1.39. The SMILES string of the molecule is C[Si](C)(C)C#Cc1ccc2cc(OCCOCCN3CCOCC3)ccc2n1. The summed E-state index contributed by atoms with van der Waals surface area (Å²) in [5.74, 6) is 4.05. The highest BCUT2D eigenvalue weighted by Crippen LogP contribution is 2.20. The van der Waals surface area contributed by atoms with Gasteiger partial charge in [0.2, 0.25) is 0 Å². The summed E-state index contributed by atoms with van der Waals surface area (Å²) in [5, 5.41) is 1.06. The second kappa shape index (κ2) is 10.0. The van der Waals surface area contributed by atoms with Gasteiger partial charge in [0.25, 0.3) is 0 Å². The second-order valence-electron chi connectivity index (χ2n) is 7.97. The van der Waals surface area contributed by atoms with E-state index in [0.717, 1.165) is 61.8 Å². The molecule has 0 N–H and O–H groups in total. The molecule has 6 heteroatoms. The Labute approximate surface area is 169 Å². The number of nitrogens with zero attached hydrogens (tertiary/aromatic N) is 2. The van der Waals surface area contributed by atoms with Gasteiger partial charge in [0.05, 0.1) is 31.9 Å². The van der Waals surface area contributed by atoms with Crippen LogP contribution in [0.2, 0.25) is 19.6 Å². The zero-order valence-electron chi connectivity index (χ0n) is 17.2. The van der Waals surface area contributed by atoms with Crippen LogP contribution in [0, 0.1) is 11.5 Å². The molecule has 0 saturated carbocycles. The number of ether oxygens (including phenoxy) is 3. The van der Waals surface area contributed by atoms with E-state index in [1.807, 2.05) is 24.3 Å². The number of hydrogen-bond acceptors (Lipinski definition) is 5. The van der Waals surface area contributed by atoms with Gasteiger partial charge in [-0.05, 0) is 30.3 Å². The monoisotopic (exact) mass is 398 g/mol. The predicted octanol–water partition coefficient (Wildman–Crippen LogP) is 3.19. The van der Waals surface area contributed by atoms with E-state index in [2.05, 4.69) is 47.1 Å². The lowest BCUT2D eigenvalue weighted by Crippen LogP contribution is -2.38. The van der Waals surface area contributed by atoms with Gasteiger partial charge >= 0.3 is 0 Å². The molecular formula is C22H30N2O3Si. The maximum Gasteiger partial charge on any atom is 0.129 e. The summed E-state index contributed by atoms with van der Waals surface area (Å²) >= 11 is 0. The average molecular weight is 399 g/mol. The number of pyridine rings is 1. The van der Waals surface area contributed by atoms with E-state index >= 15 is 0 Å². The minimum absolute atomic E-state index is 0.543. The van der Waals surface area contributed by atoms with Gasteiger partial charge in [-0.25, -0.2) is 4.98 Å². The van der Waals surface area contributed by atoms with Gasteiger partial charge in [0.1, 0.15) is 26.1 Å². The first-order valence-corrected chi connectivity index (χ1v) is 13.4. The molecule has 1 saturated heterocycles. The third-order valence-electron chi connectivity index (χ3n) is 4.38. The summed E-state index contributed by atoms with van der Waals surface area (Å²) in [4.78, 5) is 7.00. The third-order valence-corrected chi connectivity index (χ3v) is 5.25. The Bertz CT molecular complexity index is 833. The molecule has 0 atom stereocenters. The van der Waals surface area contributed by atoms with E-state index in [1.165, 1.54) is 0 Å². The Morgan fingerprint density at radius 1 is 1.07 bits per heavy atom. The molecule has 28 heavy (non-hydrogen) atoms. The molecule has 1 fully saturated rings. The molecule has 0 spiro atoms. The Morgan fingerprint density at radius 2 is 1.89 bits per heavy atom. The summed E-state index contributed by atoms with van der Waals surface area (Å²) < 4.78 is 16.8. The number of hydrogen-bond donors (Lipinski definition) is 0. The van der Waals surface area contributed by atoms with Crippen LogP contribution in [0.4, 0.5) is 0 Å². The molecule has 1 aliphatic rings. The zero-order chi connectivity index (χ0) is 19.8. The lowest BCUT2D eigenvalue weighted by molar-refractivity contribution is 0.0170. The van der Waals surface area contributed by atoms with Crippen molar-refractivity contribution in [3.63, 3.8) is 0 Å². The van der Waals surface area contributed by atoms with Crippen LogP contribution >= 0.6 is 0 Å². The number of morpholine rings is 1. The van der Waals surface area contributed by atoms with Crippen LogP contribution < -0.4 is 4.74 Å². The molecule has 0 bridgehead atoms. The van der Waals surface area contributed by atoms with E-state index < -0.39 is 8.07 Å². The summed E-state index contributed by atoms with van der Waals surface area (Å²) in [6.45, 7) is 13.2. The quantitative estimate of drug-likeness (QED) is 0.407. The van der Waals surface area contributed by atoms with Gasteiger partial charge in [-0.2, -0.15) is 0 Å². The number of aromatic nitrogens is 1. The molecule has 3 rings (SSSR count). The second-order valence-corrected chi connectivity index (χ2v) is 12.7. The lowest BCUT2D eigenvalue weighted by atomic mass is 10.2. The molecule has 2 aromatic rings. The van der Waals surface area contributed by atoms with Crippen molar-refractivity contribution in [2.45, 2.75) is 19.6 Å². The molecule has 0 aliphatic carbocycles. The normalized spacial score (nSPS) is 15.2. The summed E-state index contributed by atoms with van der Waals surface area (Å²) in [6.07, 6.45) is 0. The summed E-state index contributed by atoms with van der Waals surface area (Å²) in [6, 6.07) is 10.0. The van der Waals surface area contributed by atoms with Crippen LogP contribution in [-0.4, -0.2) is 70.6 Å². The molecule has 1 aromatic carbocycles. The molecule has 0 radical (unpaired) electrons. The average Bonchev–Trinajstić information content (AvgIpc) is 2.69. The number of benzene rings is 1. The first-order chi connectivity index (χ1) is 13.5. The van der Waals surface area contributed by atoms with Gasteiger partial charge in [0, 0.05) is 25.0 Å². The fourth-order valence-corrected chi connectivity index (χ4v) is 3.36. The standard InChI is InChI=1S/C22H30N2O3Si/c1-28(2,3)17-8-20-5-4-19-18-21(6-7-22(19)23-20)27-16-15-26-14-11-24-9-12-25-13-10-24/h4-7,18H,9-16H2,1-3H3. The van der Waals surface area contributed by atoms with Crippen molar-refractivity contribution in [3.8, 4) is 17.2 Å². The highest BCUT2D eigenvalue weighted by Gasteiger charge is 2.09. The van der Waals surface area contributed by atoms with Crippen molar-refractivity contribution in [2.75, 3.05) is 52.7 Å². The summed E-state index contributed by atoms with van der Waals surface area (Å²) in [5.41, 5.74) is 5.13. The zero-order valence-corrected chi connectivity index (χ0v) is 18.2. The van der Waals surface area contributed by atoms with Crippen LogP contribution in [-0.2, 0) is 9.47 Å². The van der Waals surface area contributed by atoms with E-state index in [9.17, 15) is 0 Å². The Hall–Kier alpha value is -1.91. The van der Waals surface area contributed by atoms with E-state index in [-0.39, 0.29) is 0 Å². The van der Waals surface area contributed by atoms with Crippen LogP contribution in [0.5, 0.6) is 5.75 Å². The van der Waals surface area contributed by atoms with Crippen molar-refractivity contribution in [3.05, 3.63) is 36.0 Å². The van der Waals surface area contributed by atoms with Crippen molar-refractivity contribution >= 4 is 19.0 Å². The van der Waals surface area contributed by atoms with E-state index in [4.69, 9.17) is 14.2 Å². The molecule has 1 aliphatic heterocycles. The maximum atomic E-state index is 5.82. The molecule has 1 aromatic heterocycles. The first-order valence-electron chi connectivity index (χ1n) is 9.94. The van der Waals surface area contributed by atoms with E-state index in [1.54, 1.807) is 0 Å². The van der Waals surface area contributed by atoms with Gasteiger partial charge < -0.3 is 14.2 Å². The fourth-order valence-electron chi connectivity index (χ4n) is 2.85. The first kappa shape index (κ1) is 20.8. The van der Waals surface area contributed by atoms with Gasteiger partial charge in [-0.1, -0.05) is 25.6 Å². The van der Waals surface area contributed by atoms with Gasteiger partial charge in [0.15, 0.2) is 0 Å². The smallest absolute Gasteiger partial charge is 0.129 e.